The molecule has 0 aromatic rings. The van der Waals surface area contributed by atoms with Crippen molar-refractivity contribution in [1.29, 1.82) is 0 Å². The van der Waals surface area contributed by atoms with Crippen LogP contribution in [0.1, 0.15) is 39.5 Å². The van der Waals surface area contributed by atoms with Crippen molar-refractivity contribution in [3.63, 3.8) is 0 Å². The molecule has 4 heteroatoms. The van der Waals surface area contributed by atoms with E-state index in [4.69, 9.17) is 0 Å². The second-order valence-corrected chi connectivity index (χ2v) is 5.55. The first-order valence-electron chi connectivity index (χ1n) is 6.88. The smallest absolute Gasteiger partial charge is 0.251 e. The molecule has 0 aromatic heterocycles. The van der Waals surface area contributed by atoms with E-state index in [-0.39, 0.29) is 12.1 Å². The van der Waals surface area contributed by atoms with E-state index in [1.807, 2.05) is 0 Å². The molecular formula is C13H24F2N2. The first-order chi connectivity index (χ1) is 8.11. The molecule has 1 aliphatic heterocycles. The maximum Gasteiger partial charge on any atom is 0.251 e. The van der Waals surface area contributed by atoms with Gasteiger partial charge in [0.25, 0.3) is 6.43 Å². The van der Waals surface area contributed by atoms with Crippen LogP contribution >= 0.6 is 0 Å². The van der Waals surface area contributed by atoms with Crippen LogP contribution in [-0.4, -0.2) is 42.5 Å². The third-order valence-electron chi connectivity index (χ3n) is 4.65. The van der Waals surface area contributed by atoms with Crippen molar-refractivity contribution in [3.05, 3.63) is 0 Å². The van der Waals surface area contributed by atoms with Gasteiger partial charge in [0, 0.05) is 24.7 Å². The molecule has 1 unspecified atom stereocenters. The number of halogens is 2. The summed E-state index contributed by atoms with van der Waals surface area (Å²) in [6.45, 7) is 5.83. The Labute approximate surface area is 103 Å². The molecule has 0 amide bonds. The maximum absolute atomic E-state index is 12.7. The van der Waals surface area contributed by atoms with Gasteiger partial charge in [0.05, 0.1) is 6.54 Å². The molecule has 0 bridgehead atoms. The van der Waals surface area contributed by atoms with Crippen molar-refractivity contribution in [3.8, 4) is 0 Å². The van der Waals surface area contributed by atoms with Crippen molar-refractivity contribution in [1.82, 2.24) is 10.2 Å². The van der Waals surface area contributed by atoms with Crippen LogP contribution in [0.15, 0.2) is 0 Å². The lowest BCUT2D eigenvalue weighted by Gasteiger charge is -2.49. The largest absolute Gasteiger partial charge is 0.311 e. The highest BCUT2D eigenvalue weighted by Crippen LogP contribution is 2.37. The van der Waals surface area contributed by atoms with E-state index in [0.717, 1.165) is 31.8 Å². The van der Waals surface area contributed by atoms with Gasteiger partial charge in [0.15, 0.2) is 0 Å². The van der Waals surface area contributed by atoms with Gasteiger partial charge >= 0.3 is 0 Å². The van der Waals surface area contributed by atoms with Crippen LogP contribution in [0.25, 0.3) is 0 Å². The molecular weight excluding hydrogens is 222 g/mol. The zero-order valence-electron chi connectivity index (χ0n) is 10.9. The van der Waals surface area contributed by atoms with E-state index in [2.05, 4.69) is 24.1 Å². The lowest BCUT2D eigenvalue weighted by Crippen LogP contribution is -2.65. The van der Waals surface area contributed by atoms with E-state index in [9.17, 15) is 8.78 Å². The quantitative estimate of drug-likeness (QED) is 0.802. The van der Waals surface area contributed by atoms with Crippen LogP contribution in [0, 0.1) is 5.92 Å². The average Bonchev–Trinajstić information content (AvgIpc) is 3.12. The summed E-state index contributed by atoms with van der Waals surface area (Å²) in [5.41, 5.74) is -0.0537. The molecule has 1 aliphatic carbocycles. The van der Waals surface area contributed by atoms with Crippen molar-refractivity contribution >= 4 is 0 Å². The number of nitrogens with zero attached hydrogens (tertiary/aromatic N) is 1. The van der Waals surface area contributed by atoms with Gasteiger partial charge in [-0.05, 0) is 31.6 Å². The standard InChI is InChI=1S/C13H24F2N2/c1-3-13(4-2)9-16-11(10-5-6-10)7-17(13)8-12(14)15/h10-12,16H,3-9H2,1-2H3. The Bertz CT molecular complexity index is 250. The van der Waals surface area contributed by atoms with Crippen molar-refractivity contribution < 1.29 is 8.78 Å². The zero-order valence-corrected chi connectivity index (χ0v) is 10.9. The van der Waals surface area contributed by atoms with Crippen molar-refractivity contribution in [2.75, 3.05) is 19.6 Å². The SMILES string of the molecule is CCC1(CC)CNC(C2CC2)CN1CC(F)F. The van der Waals surface area contributed by atoms with Crippen LogP contribution in [0.4, 0.5) is 8.78 Å². The highest BCUT2D eigenvalue weighted by molar-refractivity contribution is 5.01. The molecule has 2 fully saturated rings. The van der Waals surface area contributed by atoms with E-state index in [1.54, 1.807) is 0 Å². The number of hydrogen-bond acceptors (Lipinski definition) is 2. The van der Waals surface area contributed by atoms with Gasteiger partial charge in [-0.15, -0.1) is 0 Å². The molecule has 17 heavy (non-hydrogen) atoms. The van der Waals surface area contributed by atoms with Crippen LogP contribution in [0.5, 0.6) is 0 Å². The molecule has 2 nitrogen and oxygen atoms in total. The number of hydrogen-bond donors (Lipinski definition) is 1. The Hall–Kier alpha value is -0.220. The first-order valence-corrected chi connectivity index (χ1v) is 6.88. The fourth-order valence-electron chi connectivity index (χ4n) is 3.12. The summed E-state index contributed by atoms with van der Waals surface area (Å²) in [4.78, 5) is 2.05. The summed E-state index contributed by atoms with van der Waals surface area (Å²) < 4.78 is 25.4. The van der Waals surface area contributed by atoms with Crippen molar-refractivity contribution in [2.45, 2.75) is 57.5 Å². The molecule has 2 rings (SSSR count). The Balaban J connectivity index is 2.05. The molecule has 1 N–H and O–H groups in total. The summed E-state index contributed by atoms with van der Waals surface area (Å²) in [5.74, 6) is 0.738. The summed E-state index contributed by atoms with van der Waals surface area (Å²) in [5, 5.41) is 3.59. The van der Waals surface area contributed by atoms with Gasteiger partial charge in [0.1, 0.15) is 0 Å². The average molecular weight is 246 g/mol. The van der Waals surface area contributed by atoms with Gasteiger partial charge in [-0.2, -0.15) is 0 Å². The molecule has 1 saturated carbocycles. The predicted molar refractivity (Wildman–Crippen MR) is 65.4 cm³/mol. The Morgan fingerprint density at radius 3 is 2.41 bits per heavy atom. The lowest BCUT2D eigenvalue weighted by molar-refractivity contribution is -0.0174. The molecule has 0 aromatic carbocycles. The van der Waals surface area contributed by atoms with Crippen LogP contribution in [0.2, 0.25) is 0 Å². The highest BCUT2D eigenvalue weighted by atomic mass is 19.3. The van der Waals surface area contributed by atoms with Crippen molar-refractivity contribution in [2.24, 2.45) is 5.92 Å². The van der Waals surface area contributed by atoms with E-state index >= 15 is 0 Å². The predicted octanol–water partition coefficient (Wildman–Crippen LogP) is 2.49. The second kappa shape index (κ2) is 5.19. The number of rotatable bonds is 5. The monoisotopic (exact) mass is 246 g/mol. The molecule has 1 atom stereocenters. The fourth-order valence-corrected chi connectivity index (χ4v) is 3.12. The summed E-state index contributed by atoms with van der Waals surface area (Å²) in [7, 11) is 0. The Morgan fingerprint density at radius 1 is 1.29 bits per heavy atom. The molecule has 2 aliphatic rings. The lowest BCUT2D eigenvalue weighted by atomic mass is 9.86. The Kier molecular flexibility index (Phi) is 4.03. The van der Waals surface area contributed by atoms with E-state index in [0.29, 0.717) is 6.04 Å². The van der Waals surface area contributed by atoms with Gasteiger partial charge in [0.2, 0.25) is 0 Å². The van der Waals surface area contributed by atoms with Crippen LogP contribution in [-0.2, 0) is 0 Å². The Morgan fingerprint density at radius 2 is 1.94 bits per heavy atom. The van der Waals surface area contributed by atoms with Gasteiger partial charge < -0.3 is 5.32 Å². The minimum atomic E-state index is -2.22. The van der Waals surface area contributed by atoms with Gasteiger partial charge in [-0.1, -0.05) is 13.8 Å². The number of nitrogens with one attached hydrogen (secondary N) is 1. The topological polar surface area (TPSA) is 15.3 Å². The second-order valence-electron chi connectivity index (χ2n) is 5.55. The number of piperazine rings is 1. The minimum absolute atomic E-state index is 0.0537. The van der Waals surface area contributed by atoms with Gasteiger partial charge in [-0.3, -0.25) is 4.90 Å². The molecule has 1 heterocycles. The molecule has 0 spiro atoms. The molecule has 100 valence electrons. The summed E-state index contributed by atoms with van der Waals surface area (Å²) >= 11 is 0. The molecule has 1 saturated heterocycles. The third-order valence-corrected chi connectivity index (χ3v) is 4.65. The van der Waals surface area contributed by atoms with Crippen LogP contribution in [0.3, 0.4) is 0 Å². The van der Waals surface area contributed by atoms with Gasteiger partial charge in [-0.25, -0.2) is 8.78 Å². The zero-order chi connectivity index (χ0) is 12.5. The normalized spacial score (nSPS) is 29.8. The van der Waals surface area contributed by atoms with E-state index < -0.39 is 6.43 Å². The summed E-state index contributed by atoms with van der Waals surface area (Å²) in [6, 6.07) is 0.444. The van der Waals surface area contributed by atoms with E-state index in [1.165, 1.54) is 12.8 Å². The highest BCUT2D eigenvalue weighted by Gasteiger charge is 2.43. The third kappa shape index (κ3) is 2.79. The van der Waals surface area contributed by atoms with Crippen LogP contribution < -0.4 is 5.32 Å². The minimum Gasteiger partial charge on any atom is -0.311 e. The maximum atomic E-state index is 12.7. The fraction of sp³-hybridized carbons (Fsp3) is 1.00. The number of alkyl halides is 2. The molecule has 0 radical (unpaired) electrons. The summed E-state index contributed by atoms with van der Waals surface area (Å²) in [6.07, 6.45) is 2.21. The first kappa shape index (κ1) is 13.2.